The number of hydrogen-bond acceptors (Lipinski definition) is 3. The Morgan fingerprint density at radius 1 is 1.41 bits per heavy atom. The molecule has 1 aliphatic rings. The highest BCUT2D eigenvalue weighted by Gasteiger charge is 2.61. The molecular formula is C10H9F3N2O2. The van der Waals surface area contributed by atoms with E-state index in [1.165, 1.54) is 18.3 Å². The minimum atomic E-state index is -4.53. The second-order valence-electron chi connectivity index (χ2n) is 3.74. The van der Waals surface area contributed by atoms with E-state index >= 15 is 0 Å². The molecule has 17 heavy (non-hydrogen) atoms. The van der Waals surface area contributed by atoms with Gasteiger partial charge in [-0.25, -0.2) is 0 Å². The highest BCUT2D eigenvalue weighted by atomic mass is 19.4. The van der Waals surface area contributed by atoms with Gasteiger partial charge in [0.15, 0.2) is 5.54 Å². The number of ether oxygens (including phenoxy) is 1. The molecule has 1 N–H and O–H groups in total. The molecule has 1 amide bonds. The van der Waals surface area contributed by atoms with Crippen molar-refractivity contribution in [3.63, 3.8) is 0 Å². The molecule has 1 aromatic heterocycles. The third kappa shape index (κ3) is 2.10. The average molecular weight is 246 g/mol. The van der Waals surface area contributed by atoms with Crippen LogP contribution < -0.4 is 5.32 Å². The summed E-state index contributed by atoms with van der Waals surface area (Å²) in [6.45, 7) is -1.12. The van der Waals surface area contributed by atoms with Crippen molar-refractivity contribution < 1.29 is 22.7 Å². The lowest BCUT2D eigenvalue weighted by molar-refractivity contribution is -0.263. The molecule has 1 aliphatic heterocycles. The summed E-state index contributed by atoms with van der Waals surface area (Å²) in [5, 5.41) is 1.93. The summed E-state index contributed by atoms with van der Waals surface area (Å²) in [7, 11) is 0. The van der Waals surface area contributed by atoms with E-state index in [0.717, 1.165) is 0 Å². The van der Waals surface area contributed by atoms with Crippen LogP contribution in [-0.4, -0.2) is 35.8 Å². The molecule has 0 radical (unpaired) electrons. The van der Waals surface area contributed by atoms with E-state index in [0.29, 0.717) is 0 Å². The van der Waals surface area contributed by atoms with Crippen molar-refractivity contribution >= 4 is 5.91 Å². The van der Waals surface area contributed by atoms with Crippen molar-refractivity contribution in [2.45, 2.75) is 11.7 Å². The van der Waals surface area contributed by atoms with Crippen LogP contribution in [0.15, 0.2) is 24.4 Å². The Morgan fingerprint density at radius 2 is 2.12 bits per heavy atom. The molecule has 7 heteroatoms. The largest absolute Gasteiger partial charge is 0.416 e. The molecule has 1 aromatic rings. The van der Waals surface area contributed by atoms with Crippen molar-refractivity contribution in [3.8, 4) is 0 Å². The number of pyridine rings is 1. The molecule has 0 saturated carbocycles. The lowest BCUT2D eigenvalue weighted by atomic mass is 9.96. The number of nitrogens with zero attached hydrogens (tertiary/aromatic N) is 1. The van der Waals surface area contributed by atoms with Crippen molar-refractivity contribution in [3.05, 3.63) is 30.1 Å². The van der Waals surface area contributed by atoms with Crippen LogP contribution in [-0.2, 0) is 4.74 Å². The maximum Gasteiger partial charge on any atom is 0.416 e. The SMILES string of the molecule is O=C(NC1(C(F)(F)F)COC1)c1ccccn1. The minimum Gasteiger partial charge on any atom is -0.376 e. The molecule has 0 aromatic carbocycles. The standard InChI is InChI=1S/C10H9F3N2O2/c11-10(12,13)9(5-17-6-9)15-8(16)7-3-1-2-4-14-7/h1-4H,5-6H2,(H,15,16). The van der Waals surface area contributed by atoms with Gasteiger partial charge in [0, 0.05) is 6.20 Å². The summed E-state index contributed by atoms with van der Waals surface area (Å²) in [5.41, 5.74) is -2.33. The van der Waals surface area contributed by atoms with E-state index in [2.05, 4.69) is 9.72 Å². The maximum atomic E-state index is 12.7. The van der Waals surface area contributed by atoms with Crippen molar-refractivity contribution in [1.29, 1.82) is 0 Å². The fraction of sp³-hybridized carbons (Fsp3) is 0.400. The number of aromatic nitrogens is 1. The predicted molar refractivity (Wildman–Crippen MR) is 51.3 cm³/mol. The Labute approximate surface area is 94.8 Å². The van der Waals surface area contributed by atoms with Crippen LogP contribution in [0.25, 0.3) is 0 Å². The Hall–Kier alpha value is -1.63. The van der Waals surface area contributed by atoms with Gasteiger partial charge < -0.3 is 10.1 Å². The fourth-order valence-corrected chi connectivity index (χ4v) is 1.39. The summed E-state index contributed by atoms with van der Waals surface area (Å²) < 4.78 is 42.7. The van der Waals surface area contributed by atoms with Gasteiger partial charge in [0.25, 0.3) is 5.91 Å². The summed E-state index contributed by atoms with van der Waals surface area (Å²) in [4.78, 5) is 15.3. The van der Waals surface area contributed by atoms with Crippen molar-refractivity contribution in [1.82, 2.24) is 10.3 Å². The predicted octanol–water partition coefficient (Wildman–Crippen LogP) is 1.14. The Balaban J connectivity index is 2.13. The van der Waals surface area contributed by atoms with E-state index in [1.54, 1.807) is 6.07 Å². The third-order valence-electron chi connectivity index (χ3n) is 2.49. The summed E-state index contributed by atoms with van der Waals surface area (Å²) in [6.07, 6.45) is -3.19. The van der Waals surface area contributed by atoms with Crippen LogP contribution in [0, 0.1) is 0 Å². The topological polar surface area (TPSA) is 51.2 Å². The van der Waals surface area contributed by atoms with E-state index in [1.807, 2.05) is 5.32 Å². The molecule has 0 bridgehead atoms. The fourth-order valence-electron chi connectivity index (χ4n) is 1.39. The first-order chi connectivity index (χ1) is 7.95. The quantitative estimate of drug-likeness (QED) is 0.851. The summed E-state index contributed by atoms with van der Waals surface area (Å²) in [5.74, 6) is -0.855. The molecule has 0 spiro atoms. The number of rotatable bonds is 2. The average Bonchev–Trinajstić information content (AvgIpc) is 2.22. The molecule has 0 aliphatic carbocycles. The van der Waals surface area contributed by atoms with Gasteiger partial charge in [0.2, 0.25) is 0 Å². The van der Waals surface area contributed by atoms with Gasteiger partial charge >= 0.3 is 6.18 Å². The van der Waals surface area contributed by atoms with Gasteiger partial charge in [0.05, 0.1) is 13.2 Å². The monoisotopic (exact) mass is 246 g/mol. The van der Waals surface area contributed by atoms with Crippen LogP contribution in [0.5, 0.6) is 0 Å². The van der Waals surface area contributed by atoms with Gasteiger partial charge in [-0.15, -0.1) is 0 Å². The molecule has 1 fully saturated rings. The Kier molecular flexibility index (Phi) is 2.78. The summed E-state index contributed by atoms with van der Waals surface area (Å²) >= 11 is 0. The second-order valence-corrected chi connectivity index (χ2v) is 3.74. The first-order valence-electron chi connectivity index (χ1n) is 4.83. The van der Waals surface area contributed by atoms with Crippen LogP contribution >= 0.6 is 0 Å². The zero-order valence-corrected chi connectivity index (χ0v) is 8.62. The molecule has 4 nitrogen and oxygen atoms in total. The number of halogens is 3. The zero-order valence-electron chi connectivity index (χ0n) is 8.62. The minimum absolute atomic E-state index is 0.0528. The number of carbonyl (C=O) groups excluding carboxylic acids is 1. The molecule has 2 heterocycles. The number of alkyl halides is 3. The maximum absolute atomic E-state index is 12.7. The highest BCUT2D eigenvalue weighted by molar-refractivity contribution is 5.92. The van der Waals surface area contributed by atoms with E-state index < -0.39 is 30.8 Å². The molecule has 1 saturated heterocycles. The van der Waals surface area contributed by atoms with Crippen LogP contribution in [0.3, 0.4) is 0 Å². The second kappa shape index (κ2) is 3.99. The van der Waals surface area contributed by atoms with Crippen LogP contribution in [0.1, 0.15) is 10.5 Å². The van der Waals surface area contributed by atoms with Crippen molar-refractivity contribution in [2.75, 3.05) is 13.2 Å². The Bertz CT molecular complexity index is 415. The molecular weight excluding hydrogens is 237 g/mol. The molecule has 92 valence electrons. The first-order valence-corrected chi connectivity index (χ1v) is 4.83. The normalized spacial score (nSPS) is 18.3. The smallest absolute Gasteiger partial charge is 0.376 e. The van der Waals surface area contributed by atoms with Crippen LogP contribution in [0.4, 0.5) is 13.2 Å². The number of amides is 1. The van der Waals surface area contributed by atoms with Gasteiger partial charge in [-0.05, 0) is 12.1 Å². The molecule has 0 atom stereocenters. The summed E-state index contributed by atoms with van der Waals surface area (Å²) in [6, 6.07) is 4.45. The zero-order chi connectivity index (χ0) is 12.5. The van der Waals surface area contributed by atoms with Crippen molar-refractivity contribution in [2.24, 2.45) is 0 Å². The van der Waals surface area contributed by atoms with Gasteiger partial charge in [-0.3, -0.25) is 9.78 Å². The number of hydrogen-bond donors (Lipinski definition) is 1. The molecule has 0 unspecified atom stereocenters. The lowest BCUT2D eigenvalue weighted by Crippen LogP contribution is -2.70. The first kappa shape index (κ1) is 11.8. The number of nitrogens with one attached hydrogen (secondary N) is 1. The lowest BCUT2D eigenvalue weighted by Gasteiger charge is -2.42. The van der Waals surface area contributed by atoms with Gasteiger partial charge in [0.1, 0.15) is 5.69 Å². The number of carbonyl (C=O) groups is 1. The van der Waals surface area contributed by atoms with Gasteiger partial charge in [-0.1, -0.05) is 6.07 Å². The third-order valence-corrected chi connectivity index (χ3v) is 2.49. The highest BCUT2D eigenvalue weighted by Crippen LogP contribution is 2.36. The van der Waals surface area contributed by atoms with Gasteiger partial charge in [-0.2, -0.15) is 13.2 Å². The van der Waals surface area contributed by atoms with E-state index in [4.69, 9.17) is 0 Å². The van der Waals surface area contributed by atoms with E-state index in [9.17, 15) is 18.0 Å². The Morgan fingerprint density at radius 3 is 2.53 bits per heavy atom. The van der Waals surface area contributed by atoms with E-state index in [-0.39, 0.29) is 5.69 Å². The van der Waals surface area contributed by atoms with Crippen LogP contribution in [0.2, 0.25) is 0 Å². The molecule has 2 rings (SSSR count).